The Balaban J connectivity index is 3.28. The average Bonchev–Trinajstić information content (AvgIpc) is 2.09. The van der Waals surface area contributed by atoms with Gasteiger partial charge in [0.25, 0.3) is 0 Å². The first-order valence-electron chi connectivity index (χ1n) is 3.88. The van der Waals surface area contributed by atoms with Crippen LogP contribution in [0, 0.1) is 6.92 Å². The summed E-state index contributed by atoms with van der Waals surface area (Å²) in [6, 6.07) is 1.65. The zero-order valence-corrected chi connectivity index (χ0v) is 7.61. The van der Waals surface area contributed by atoms with Gasteiger partial charge in [-0.15, -0.1) is 0 Å². The van der Waals surface area contributed by atoms with E-state index < -0.39 is 5.60 Å². The molecule has 1 atom stereocenters. The van der Waals surface area contributed by atoms with Crippen molar-refractivity contribution in [2.24, 2.45) is 0 Å². The fraction of sp³-hybridized carbons (Fsp3) is 0.333. The predicted molar refractivity (Wildman–Crippen MR) is 49.0 cm³/mol. The van der Waals surface area contributed by atoms with Gasteiger partial charge in [0.2, 0.25) is 0 Å². The van der Waals surface area contributed by atoms with Crippen LogP contribution in [0.5, 0.6) is 0 Å². The van der Waals surface area contributed by atoms with E-state index in [2.05, 4.69) is 4.98 Å². The van der Waals surface area contributed by atoms with Gasteiger partial charge in [0.15, 0.2) is 6.29 Å². The Bertz CT molecular complexity index is 334. The third kappa shape index (κ3) is 1.84. The van der Waals surface area contributed by atoms with Crippen LogP contribution in [-0.2, 0) is 10.4 Å². The van der Waals surface area contributed by atoms with Crippen molar-refractivity contribution in [2.75, 3.05) is 5.73 Å². The number of nitrogens with zero attached hydrogens (tertiary/aromatic N) is 1. The lowest BCUT2D eigenvalue weighted by Gasteiger charge is -2.17. The molecule has 0 aliphatic heterocycles. The Labute approximate surface area is 76.4 Å². The van der Waals surface area contributed by atoms with Crippen LogP contribution in [0.2, 0.25) is 0 Å². The topological polar surface area (TPSA) is 76.2 Å². The maximum atomic E-state index is 10.6. The van der Waals surface area contributed by atoms with Gasteiger partial charge in [0.05, 0.1) is 0 Å². The van der Waals surface area contributed by atoms with Gasteiger partial charge >= 0.3 is 0 Å². The van der Waals surface area contributed by atoms with Crippen molar-refractivity contribution in [3.8, 4) is 0 Å². The normalized spacial score (nSPS) is 15.0. The molecule has 0 saturated heterocycles. The molecule has 4 nitrogen and oxygen atoms in total. The van der Waals surface area contributed by atoms with Gasteiger partial charge in [-0.05, 0) is 25.5 Å². The summed E-state index contributed by atoms with van der Waals surface area (Å²) in [7, 11) is 0. The number of rotatable bonds is 2. The third-order valence-electron chi connectivity index (χ3n) is 1.83. The molecule has 4 heteroatoms. The monoisotopic (exact) mass is 180 g/mol. The number of carbonyl (C=O) groups excluding carboxylic acids is 1. The number of aryl methyl sites for hydroxylation is 1. The van der Waals surface area contributed by atoms with Crippen molar-refractivity contribution in [3.05, 3.63) is 23.4 Å². The maximum absolute atomic E-state index is 10.6. The molecule has 1 aromatic rings. The molecular formula is C9H12N2O2. The second kappa shape index (κ2) is 3.14. The van der Waals surface area contributed by atoms with Gasteiger partial charge in [-0.3, -0.25) is 4.79 Å². The van der Waals surface area contributed by atoms with Crippen molar-refractivity contribution in [3.63, 3.8) is 0 Å². The molecule has 0 saturated carbocycles. The number of nitrogen functional groups attached to an aromatic ring is 1. The minimum Gasteiger partial charge on any atom is -0.383 e. The van der Waals surface area contributed by atoms with Crippen LogP contribution >= 0.6 is 0 Å². The standard InChI is InChI=1S/C9H12N2O2/c1-6-3-7(8(10)11-4-6)9(2,13)5-12/h3-5,13H,1-2H3,(H2,10,11). The lowest BCUT2D eigenvalue weighted by Crippen LogP contribution is -2.24. The average molecular weight is 180 g/mol. The number of hydrogen-bond donors (Lipinski definition) is 2. The van der Waals surface area contributed by atoms with Gasteiger partial charge in [-0.1, -0.05) is 0 Å². The zero-order chi connectivity index (χ0) is 10.1. The molecule has 0 bridgehead atoms. The van der Waals surface area contributed by atoms with Gasteiger partial charge in [-0.2, -0.15) is 0 Å². The molecule has 1 unspecified atom stereocenters. The van der Waals surface area contributed by atoms with E-state index in [9.17, 15) is 9.90 Å². The molecule has 1 heterocycles. The van der Waals surface area contributed by atoms with E-state index in [1.807, 2.05) is 6.92 Å². The first-order valence-corrected chi connectivity index (χ1v) is 3.88. The molecule has 13 heavy (non-hydrogen) atoms. The first-order chi connectivity index (χ1) is 5.97. The number of carbonyl (C=O) groups is 1. The predicted octanol–water partition coefficient (Wildman–Crippen LogP) is 0.379. The zero-order valence-electron chi connectivity index (χ0n) is 7.61. The fourth-order valence-electron chi connectivity index (χ4n) is 1.05. The van der Waals surface area contributed by atoms with Crippen LogP contribution in [0.25, 0.3) is 0 Å². The SMILES string of the molecule is Cc1cnc(N)c(C(C)(O)C=O)c1. The van der Waals surface area contributed by atoms with E-state index in [1.54, 1.807) is 12.3 Å². The number of pyridine rings is 1. The van der Waals surface area contributed by atoms with Crippen molar-refractivity contribution >= 4 is 12.1 Å². The van der Waals surface area contributed by atoms with E-state index in [1.165, 1.54) is 6.92 Å². The summed E-state index contributed by atoms with van der Waals surface area (Å²) in [4.78, 5) is 14.4. The number of aliphatic hydroxyl groups is 1. The Morgan fingerprint density at radius 1 is 1.69 bits per heavy atom. The molecule has 0 aliphatic rings. The number of nitrogens with two attached hydrogens (primary N) is 1. The molecule has 1 rings (SSSR count). The highest BCUT2D eigenvalue weighted by Gasteiger charge is 2.25. The quantitative estimate of drug-likeness (QED) is 0.645. The molecule has 0 amide bonds. The van der Waals surface area contributed by atoms with Gasteiger partial charge in [0, 0.05) is 11.8 Å². The number of anilines is 1. The van der Waals surface area contributed by atoms with E-state index in [0.29, 0.717) is 11.8 Å². The Morgan fingerprint density at radius 3 is 2.85 bits per heavy atom. The van der Waals surface area contributed by atoms with Crippen LogP contribution in [0.3, 0.4) is 0 Å². The lowest BCUT2D eigenvalue weighted by atomic mass is 9.97. The van der Waals surface area contributed by atoms with Crippen molar-refractivity contribution in [2.45, 2.75) is 19.4 Å². The van der Waals surface area contributed by atoms with Crippen molar-refractivity contribution in [1.82, 2.24) is 4.98 Å². The van der Waals surface area contributed by atoms with Crippen LogP contribution < -0.4 is 5.73 Å². The highest BCUT2D eigenvalue weighted by molar-refractivity contribution is 5.68. The summed E-state index contributed by atoms with van der Waals surface area (Å²) in [6.07, 6.45) is 2.03. The smallest absolute Gasteiger partial charge is 0.155 e. The van der Waals surface area contributed by atoms with E-state index in [4.69, 9.17) is 5.73 Å². The second-order valence-corrected chi connectivity index (χ2v) is 3.21. The van der Waals surface area contributed by atoms with E-state index >= 15 is 0 Å². The van der Waals surface area contributed by atoms with Gasteiger partial charge < -0.3 is 10.8 Å². The summed E-state index contributed by atoms with van der Waals surface area (Å²) in [5.41, 5.74) is 5.17. The second-order valence-electron chi connectivity index (χ2n) is 3.21. The molecule has 1 aromatic heterocycles. The lowest BCUT2D eigenvalue weighted by molar-refractivity contribution is -0.123. The summed E-state index contributed by atoms with van der Waals surface area (Å²) >= 11 is 0. The molecule has 0 aromatic carbocycles. The van der Waals surface area contributed by atoms with E-state index in [-0.39, 0.29) is 5.82 Å². The van der Waals surface area contributed by atoms with Crippen LogP contribution in [0.15, 0.2) is 12.3 Å². The number of hydrogen-bond acceptors (Lipinski definition) is 4. The first kappa shape index (κ1) is 9.67. The third-order valence-corrected chi connectivity index (χ3v) is 1.83. The Morgan fingerprint density at radius 2 is 2.31 bits per heavy atom. The summed E-state index contributed by atoms with van der Waals surface area (Å²) < 4.78 is 0. The maximum Gasteiger partial charge on any atom is 0.155 e. The molecule has 0 aliphatic carbocycles. The minimum atomic E-state index is -1.55. The minimum absolute atomic E-state index is 0.183. The largest absolute Gasteiger partial charge is 0.383 e. The summed E-state index contributed by atoms with van der Waals surface area (Å²) in [6.45, 7) is 3.20. The number of aldehydes is 1. The van der Waals surface area contributed by atoms with E-state index in [0.717, 1.165) is 5.56 Å². The summed E-state index contributed by atoms with van der Waals surface area (Å²) in [5, 5.41) is 9.61. The Hall–Kier alpha value is -1.42. The van der Waals surface area contributed by atoms with Gasteiger partial charge in [0.1, 0.15) is 11.4 Å². The van der Waals surface area contributed by atoms with Crippen LogP contribution in [-0.4, -0.2) is 16.4 Å². The summed E-state index contributed by atoms with van der Waals surface area (Å²) in [5.74, 6) is 0.183. The molecule has 3 N–H and O–H groups in total. The fourth-order valence-corrected chi connectivity index (χ4v) is 1.05. The molecule has 0 radical (unpaired) electrons. The highest BCUT2D eigenvalue weighted by Crippen LogP contribution is 2.23. The molecule has 70 valence electrons. The molecule has 0 spiro atoms. The van der Waals surface area contributed by atoms with Crippen molar-refractivity contribution < 1.29 is 9.90 Å². The Kier molecular flexibility index (Phi) is 2.34. The molecular weight excluding hydrogens is 168 g/mol. The molecule has 0 fully saturated rings. The van der Waals surface area contributed by atoms with Crippen LogP contribution in [0.4, 0.5) is 5.82 Å². The van der Waals surface area contributed by atoms with Crippen LogP contribution in [0.1, 0.15) is 18.1 Å². The number of aromatic nitrogens is 1. The van der Waals surface area contributed by atoms with Crippen molar-refractivity contribution in [1.29, 1.82) is 0 Å². The highest BCUT2D eigenvalue weighted by atomic mass is 16.3. The van der Waals surface area contributed by atoms with Gasteiger partial charge in [-0.25, -0.2) is 4.98 Å².